The summed E-state index contributed by atoms with van der Waals surface area (Å²) < 4.78 is 17.5. The van der Waals surface area contributed by atoms with Crippen LogP contribution in [0.2, 0.25) is 10.0 Å². The van der Waals surface area contributed by atoms with Crippen molar-refractivity contribution < 1.29 is 14.2 Å². The Balaban J connectivity index is 1.53. The third kappa shape index (κ3) is 2.91. The molecule has 0 unspecified atom stereocenters. The van der Waals surface area contributed by atoms with E-state index in [1.165, 1.54) is 0 Å². The summed E-state index contributed by atoms with van der Waals surface area (Å²) in [5.74, 6) is 0.441. The average molecular weight is 364 g/mol. The molecule has 1 fully saturated rings. The second kappa shape index (κ2) is 6.37. The van der Waals surface area contributed by atoms with Gasteiger partial charge in [-0.25, -0.2) is 4.99 Å². The quantitative estimate of drug-likeness (QED) is 0.800. The van der Waals surface area contributed by atoms with Gasteiger partial charge in [-0.15, -0.1) is 0 Å². The molecule has 24 heavy (non-hydrogen) atoms. The largest absolute Gasteiger partial charge is 0.475 e. The van der Waals surface area contributed by atoms with Crippen LogP contribution in [0.5, 0.6) is 0 Å². The maximum absolute atomic E-state index is 6.23. The Labute approximate surface area is 150 Å². The molecule has 124 valence electrons. The molecule has 0 aromatic heterocycles. The van der Waals surface area contributed by atoms with Gasteiger partial charge in [-0.2, -0.15) is 0 Å². The lowest BCUT2D eigenvalue weighted by Gasteiger charge is -2.33. The SMILES string of the molecule is Clc1cccc(Cl)c1C1=NC2(CO1)COC(c1ccccc1)OC2. The number of rotatable bonds is 2. The molecule has 0 amide bonds. The number of halogens is 2. The summed E-state index contributed by atoms with van der Waals surface area (Å²) in [4.78, 5) is 4.67. The van der Waals surface area contributed by atoms with Crippen LogP contribution in [0.1, 0.15) is 17.4 Å². The van der Waals surface area contributed by atoms with E-state index in [0.29, 0.717) is 41.3 Å². The first-order valence-electron chi connectivity index (χ1n) is 7.62. The fourth-order valence-corrected chi connectivity index (χ4v) is 3.37. The lowest BCUT2D eigenvalue weighted by Crippen LogP contribution is -2.44. The molecule has 0 bridgehead atoms. The highest BCUT2D eigenvalue weighted by Gasteiger charge is 2.43. The number of aliphatic imine (C=N–C) groups is 1. The molecule has 2 aliphatic heterocycles. The van der Waals surface area contributed by atoms with Crippen molar-refractivity contribution >= 4 is 29.1 Å². The van der Waals surface area contributed by atoms with Crippen molar-refractivity contribution in [3.05, 3.63) is 69.7 Å². The highest BCUT2D eigenvalue weighted by atomic mass is 35.5. The van der Waals surface area contributed by atoms with Crippen LogP contribution in [0.3, 0.4) is 0 Å². The third-order valence-corrected chi connectivity index (χ3v) is 4.70. The maximum Gasteiger partial charge on any atom is 0.220 e. The lowest BCUT2D eigenvalue weighted by molar-refractivity contribution is -0.212. The van der Waals surface area contributed by atoms with Crippen LogP contribution in [-0.4, -0.2) is 31.3 Å². The molecule has 4 rings (SSSR count). The van der Waals surface area contributed by atoms with Gasteiger partial charge in [0.25, 0.3) is 0 Å². The first kappa shape index (κ1) is 15.9. The molecule has 2 aromatic carbocycles. The first-order valence-corrected chi connectivity index (χ1v) is 8.38. The van der Waals surface area contributed by atoms with Crippen LogP contribution in [0, 0.1) is 0 Å². The Morgan fingerprint density at radius 3 is 2.21 bits per heavy atom. The zero-order valence-corrected chi connectivity index (χ0v) is 14.3. The van der Waals surface area contributed by atoms with Crippen molar-refractivity contribution in [1.82, 2.24) is 0 Å². The summed E-state index contributed by atoms with van der Waals surface area (Å²) in [5.41, 5.74) is 1.05. The predicted octanol–water partition coefficient (Wildman–Crippen LogP) is 4.25. The molecule has 0 atom stereocenters. The summed E-state index contributed by atoms with van der Waals surface area (Å²) in [6, 6.07) is 15.1. The summed E-state index contributed by atoms with van der Waals surface area (Å²) in [6.07, 6.45) is -0.375. The molecule has 0 N–H and O–H groups in total. The highest BCUT2D eigenvalue weighted by Crippen LogP contribution is 2.35. The van der Waals surface area contributed by atoms with Crippen LogP contribution < -0.4 is 0 Å². The van der Waals surface area contributed by atoms with Gasteiger partial charge in [0, 0.05) is 5.56 Å². The molecule has 6 heteroatoms. The fourth-order valence-electron chi connectivity index (χ4n) is 2.81. The van der Waals surface area contributed by atoms with Crippen molar-refractivity contribution in [3.63, 3.8) is 0 Å². The monoisotopic (exact) mass is 363 g/mol. The van der Waals surface area contributed by atoms with Gasteiger partial charge in [-0.05, 0) is 12.1 Å². The second-order valence-electron chi connectivity index (χ2n) is 5.89. The van der Waals surface area contributed by atoms with Crippen molar-refractivity contribution in [1.29, 1.82) is 0 Å². The minimum Gasteiger partial charge on any atom is -0.475 e. The Hall–Kier alpha value is -1.59. The minimum absolute atomic E-state index is 0.375. The number of nitrogens with zero attached hydrogens (tertiary/aromatic N) is 1. The number of hydrogen-bond acceptors (Lipinski definition) is 4. The molecule has 4 nitrogen and oxygen atoms in total. The van der Waals surface area contributed by atoms with Gasteiger partial charge in [0.1, 0.15) is 12.1 Å². The molecule has 1 spiro atoms. The van der Waals surface area contributed by atoms with Gasteiger partial charge in [0.2, 0.25) is 5.90 Å². The van der Waals surface area contributed by atoms with Crippen LogP contribution >= 0.6 is 23.2 Å². The van der Waals surface area contributed by atoms with Gasteiger partial charge in [0.05, 0.1) is 28.8 Å². The topological polar surface area (TPSA) is 40.0 Å². The van der Waals surface area contributed by atoms with Crippen LogP contribution in [0.15, 0.2) is 53.5 Å². The summed E-state index contributed by atoms with van der Waals surface area (Å²) in [7, 11) is 0. The van der Waals surface area contributed by atoms with Gasteiger partial charge in [-0.1, -0.05) is 59.6 Å². The molecule has 2 aromatic rings. The smallest absolute Gasteiger partial charge is 0.220 e. The van der Waals surface area contributed by atoms with Gasteiger partial charge < -0.3 is 14.2 Å². The standard InChI is InChI=1S/C18H15Cl2NO3/c19-13-7-4-8-14(20)15(13)16-21-18(9-22-16)10-23-17(24-11-18)12-5-2-1-3-6-12/h1-8,17H,9-11H2. The highest BCUT2D eigenvalue weighted by molar-refractivity contribution is 6.39. The summed E-state index contributed by atoms with van der Waals surface area (Å²) >= 11 is 12.5. The molecule has 2 aliphatic rings. The molecular weight excluding hydrogens is 349 g/mol. The van der Waals surface area contributed by atoms with E-state index in [9.17, 15) is 0 Å². The minimum atomic E-state index is -0.552. The number of hydrogen-bond donors (Lipinski definition) is 0. The lowest BCUT2D eigenvalue weighted by atomic mass is 10.0. The second-order valence-corrected chi connectivity index (χ2v) is 6.71. The number of ether oxygens (including phenoxy) is 3. The van der Waals surface area contributed by atoms with Crippen molar-refractivity contribution in [3.8, 4) is 0 Å². The van der Waals surface area contributed by atoms with E-state index in [1.807, 2.05) is 30.3 Å². The van der Waals surface area contributed by atoms with E-state index in [0.717, 1.165) is 5.56 Å². The Kier molecular flexibility index (Phi) is 4.22. The van der Waals surface area contributed by atoms with Crippen LogP contribution in [0.4, 0.5) is 0 Å². The normalized spacial score (nSPS) is 26.2. The van der Waals surface area contributed by atoms with E-state index < -0.39 is 5.54 Å². The van der Waals surface area contributed by atoms with Crippen molar-refractivity contribution in [2.24, 2.45) is 4.99 Å². The maximum atomic E-state index is 6.23. The van der Waals surface area contributed by atoms with E-state index in [4.69, 9.17) is 37.4 Å². The summed E-state index contributed by atoms with van der Waals surface area (Å²) in [5, 5.41) is 1.02. The van der Waals surface area contributed by atoms with Crippen LogP contribution in [-0.2, 0) is 14.2 Å². The number of benzene rings is 2. The molecule has 0 aliphatic carbocycles. The molecule has 0 radical (unpaired) electrons. The third-order valence-electron chi connectivity index (χ3n) is 4.07. The van der Waals surface area contributed by atoms with E-state index in [2.05, 4.69) is 4.99 Å². The van der Waals surface area contributed by atoms with Gasteiger partial charge in [0.15, 0.2) is 6.29 Å². The van der Waals surface area contributed by atoms with E-state index >= 15 is 0 Å². The first-order chi connectivity index (χ1) is 11.7. The van der Waals surface area contributed by atoms with Gasteiger partial charge >= 0.3 is 0 Å². The molecule has 2 heterocycles. The van der Waals surface area contributed by atoms with Crippen molar-refractivity contribution in [2.75, 3.05) is 19.8 Å². The molecule has 0 saturated carbocycles. The zero-order valence-electron chi connectivity index (χ0n) is 12.7. The van der Waals surface area contributed by atoms with E-state index in [1.54, 1.807) is 18.2 Å². The molecular formula is C18H15Cl2NO3. The van der Waals surface area contributed by atoms with Crippen LogP contribution in [0.25, 0.3) is 0 Å². The van der Waals surface area contributed by atoms with Crippen molar-refractivity contribution in [2.45, 2.75) is 11.8 Å². The van der Waals surface area contributed by atoms with E-state index in [-0.39, 0.29) is 6.29 Å². The Bertz CT molecular complexity index is 751. The Morgan fingerprint density at radius 1 is 0.875 bits per heavy atom. The predicted molar refractivity (Wildman–Crippen MR) is 92.8 cm³/mol. The Morgan fingerprint density at radius 2 is 1.54 bits per heavy atom. The molecule has 1 saturated heterocycles. The average Bonchev–Trinajstić information content (AvgIpc) is 3.00. The zero-order chi connectivity index (χ0) is 16.6. The summed E-state index contributed by atoms with van der Waals surface area (Å²) in [6.45, 7) is 1.21. The van der Waals surface area contributed by atoms with Gasteiger partial charge in [-0.3, -0.25) is 0 Å². The fraction of sp³-hybridized carbons (Fsp3) is 0.278.